The summed E-state index contributed by atoms with van der Waals surface area (Å²) >= 11 is 0. The number of likely N-dealkylation sites (tertiary alicyclic amines) is 2. The number of piperidine rings is 2. The Morgan fingerprint density at radius 1 is 1.07 bits per heavy atom. The number of nitrogens with one attached hydrogen (secondary N) is 1. The molecular formula is C20H31N3O3S. The van der Waals surface area contributed by atoms with Gasteiger partial charge in [-0.15, -0.1) is 0 Å². The zero-order valence-electron chi connectivity index (χ0n) is 16.2. The van der Waals surface area contributed by atoms with E-state index in [0.717, 1.165) is 26.1 Å². The van der Waals surface area contributed by atoms with Crippen LogP contribution in [0.3, 0.4) is 0 Å². The van der Waals surface area contributed by atoms with Crippen molar-refractivity contribution in [3.05, 3.63) is 29.8 Å². The van der Waals surface area contributed by atoms with Crippen LogP contribution in [0.1, 0.15) is 49.4 Å². The van der Waals surface area contributed by atoms with E-state index in [1.165, 1.54) is 38.8 Å². The van der Waals surface area contributed by atoms with Gasteiger partial charge in [-0.2, -0.15) is 0 Å². The van der Waals surface area contributed by atoms with Crippen LogP contribution in [0.2, 0.25) is 0 Å². The molecule has 0 bridgehead atoms. The largest absolute Gasteiger partial charge is 0.338 e. The van der Waals surface area contributed by atoms with Crippen molar-refractivity contribution < 1.29 is 13.2 Å². The molecule has 0 unspecified atom stereocenters. The van der Waals surface area contributed by atoms with Gasteiger partial charge in [-0.3, -0.25) is 9.52 Å². The number of rotatable bonds is 6. The lowest BCUT2D eigenvalue weighted by Crippen LogP contribution is -2.44. The Morgan fingerprint density at radius 2 is 1.78 bits per heavy atom. The summed E-state index contributed by atoms with van der Waals surface area (Å²) in [5.74, 6) is 0.625. The Labute approximate surface area is 163 Å². The first kappa shape index (κ1) is 20.1. The maximum Gasteiger partial charge on any atom is 0.253 e. The molecule has 7 heteroatoms. The minimum absolute atomic E-state index is 0.0276. The van der Waals surface area contributed by atoms with Crippen LogP contribution in [0.15, 0.2) is 24.3 Å². The van der Waals surface area contributed by atoms with Gasteiger partial charge in [-0.05, 0) is 75.9 Å². The summed E-state index contributed by atoms with van der Waals surface area (Å²) in [4.78, 5) is 17.4. The Morgan fingerprint density at radius 3 is 2.44 bits per heavy atom. The van der Waals surface area contributed by atoms with Gasteiger partial charge in [0.15, 0.2) is 0 Å². The van der Waals surface area contributed by atoms with Crippen molar-refractivity contribution in [2.45, 2.75) is 39.0 Å². The van der Waals surface area contributed by atoms with E-state index in [0.29, 0.717) is 17.2 Å². The summed E-state index contributed by atoms with van der Waals surface area (Å²) < 4.78 is 25.8. The second kappa shape index (κ2) is 9.06. The van der Waals surface area contributed by atoms with Crippen molar-refractivity contribution in [2.24, 2.45) is 5.92 Å². The van der Waals surface area contributed by atoms with Gasteiger partial charge in [0, 0.05) is 30.9 Å². The Balaban J connectivity index is 1.57. The molecule has 0 aromatic heterocycles. The van der Waals surface area contributed by atoms with Crippen LogP contribution >= 0.6 is 0 Å². The first-order valence-corrected chi connectivity index (χ1v) is 11.7. The molecule has 1 N–H and O–H groups in total. The molecule has 2 aliphatic rings. The van der Waals surface area contributed by atoms with E-state index in [-0.39, 0.29) is 11.7 Å². The highest BCUT2D eigenvalue weighted by Crippen LogP contribution is 2.22. The van der Waals surface area contributed by atoms with Gasteiger partial charge >= 0.3 is 0 Å². The molecule has 2 heterocycles. The molecule has 6 nitrogen and oxygen atoms in total. The highest BCUT2D eigenvalue weighted by molar-refractivity contribution is 7.92. The van der Waals surface area contributed by atoms with E-state index in [2.05, 4.69) is 9.62 Å². The zero-order chi connectivity index (χ0) is 19.3. The Bertz CT molecular complexity index is 727. The van der Waals surface area contributed by atoms with E-state index >= 15 is 0 Å². The monoisotopic (exact) mass is 393 g/mol. The average Bonchev–Trinajstić information content (AvgIpc) is 2.69. The van der Waals surface area contributed by atoms with Gasteiger partial charge in [0.2, 0.25) is 10.0 Å². The first-order chi connectivity index (χ1) is 13.0. The lowest BCUT2D eigenvalue weighted by molar-refractivity contribution is 0.0631. The normalized spacial score (nSPS) is 21.8. The van der Waals surface area contributed by atoms with Gasteiger partial charge in [0.25, 0.3) is 5.91 Å². The van der Waals surface area contributed by atoms with Crippen LogP contribution in [-0.2, 0) is 10.0 Å². The summed E-state index contributed by atoms with van der Waals surface area (Å²) in [6, 6.07) is 6.75. The van der Waals surface area contributed by atoms with Crippen molar-refractivity contribution in [3.63, 3.8) is 0 Å². The number of carbonyl (C=O) groups is 1. The van der Waals surface area contributed by atoms with E-state index < -0.39 is 10.0 Å². The minimum Gasteiger partial charge on any atom is -0.338 e. The average molecular weight is 394 g/mol. The highest BCUT2D eigenvalue weighted by Gasteiger charge is 2.26. The summed E-state index contributed by atoms with van der Waals surface area (Å²) in [6.45, 7) is 6.71. The molecule has 1 amide bonds. The molecule has 1 aromatic carbocycles. The number of amides is 1. The molecule has 2 aliphatic heterocycles. The maximum absolute atomic E-state index is 12.9. The fourth-order valence-corrected chi connectivity index (χ4v) is 4.66. The lowest BCUT2D eigenvalue weighted by Gasteiger charge is -2.37. The molecule has 0 saturated carbocycles. The van der Waals surface area contributed by atoms with Crippen molar-refractivity contribution in [2.75, 3.05) is 43.2 Å². The minimum atomic E-state index is -3.30. The SMILES string of the molecule is CCS(=O)(=O)Nc1ccc(C(=O)N2CCC[C@@H](CN3CCCCC3)C2)cc1. The van der Waals surface area contributed by atoms with Gasteiger partial charge in [0.1, 0.15) is 0 Å². The molecule has 3 rings (SSSR count). The number of carbonyl (C=O) groups excluding carboxylic acids is 1. The van der Waals surface area contributed by atoms with Crippen molar-refractivity contribution >= 4 is 21.6 Å². The number of benzene rings is 1. The molecule has 0 spiro atoms. The maximum atomic E-state index is 12.9. The standard InChI is InChI=1S/C20H31N3O3S/c1-2-27(25,26)21-19-10-8-18(9-11-19)20(24)23-14-6-7-17(16-23)15-22-12-4-3-5-13-22/h8-11,17,21H,2-7,12-16H2,1H3/t17-/m0/s1. The van der Waals surface area contributed by atoms with Gasteiger partial charge in [0.05, 0.1) is 5.75 Å². The topological polar surface area (TPSA) is 69.7 Å². The predicted octanol–water partition coefficient (Wildman–Crippen LogP) is 2.79. The highest BCUT2D eigenvalue weighted by atomic mass is 32.2. The summed E-state index contributed by atoms with van der Waals surface area (Å²) in [6.07, 6.45) is 6.18. The van der Waals surface area contributed by atoms with Crippen LogP contribution in [0.4, 0.5) is 5.69 Å². The second-order valence-corrected chi connectivity index (χ2v) is 9.71. The Kier molecular flexibility index (Phi) is 6.76. The number of anilines is 1. The Hall–Kier alpha value is -1.60. The number of nitrogens with zero attached hydrogens (tertiary/aromatic N) is 2. The van der Waals surface area contributed by atoms with Crippen LogP contribution < -0.4 is 4.72 Å². The second-order valence-electron chi connectivity index (χ2n) is 7.70. The lowest BCUT2D eigenvalue weighted by atomic mass is 9.96. The molecule has 0 aliphatic carbocycles. The van der Waals surface area contributed by atoms with E-state index in [4.69, 9.17) is 0 Å². The number of hydrogen-bond donors (Lipinski definition) is 1. The van der Waals surface area contributed by atoms with Crippen LogP contribution in [0.5, 0.6) is 0 Å². The van der Waals surface area contributed by atoms with E-state index in [9.17, 15) is 13.2 Å². The third-order valence-corrected chi connectivity index (χ3v) is 6.86. The fourth-order valence-electron chi connectivity index (χ4n) is 4.02. The van der Waals surface area contributed by atoms with E-state index in [1.807, 2.05) is 4.90 Å². The van der Waals surface area contributed by atoms with E-state index in [1.54, 1.807) is 31.2 Å². The van der Waals surface area contributed by atoms with Crippen LogP contribution in [0, 0.1) is 5.92 Å². The summed E-state index contributed by atoms with van der Waals surface area (Å²) in [7, 11) is -3.30. The number of sulfonamides is 1. The van der Waals surface area contributed by atoms with Gasteiger partial charge in [-0.1, -0.05) is 6.42 Å². The van der Waals surface area contributed by atoms with Crippen molar-refractivity contribution in [3.8, 4) is 0 Å². The predicted molar refractivity (Wildman–Crippen MR) is 108 cm³/mol. The molecule has 2 saturated heterocycles. The third kappa shape index (κ3) is 5.69. The summed E-state index contributed by atoms with van der Waals surface area (Å²) in [5.41, 5.74) is 1.11. The molecule has 1 aromatic rings. The molecule has 150 valence electrons. The molecule has 1 atom stereocenters. The van der Waals surface area contributed by atoms with Gasteiger partial charge < -0.3 is 9.80 Å². The third-order valence-electron chi connectivity index (χ3n) is 5.56. The quantitative estimate of drug-likeness (QED) is 0.807. The van der Waals surface area contributed by atoms with Gasteiger partial charge in [-0.25, -0.2) is 8.42 Å². The first-order valence-electron chi connectivity index (χ1n) is 10.1. The van der Waals surface area contributed by atoms with Crippen LogP contribution in [-0.4, -0.2) is 62.6 Å². The smallest absolute Gasteiger partial charge is 0.253 e. The zero-order valence-corrected chi connectivity index (χ0v) is 17.0. The molecule has 0 radical (unpaired) electrons. The van der Waals surface area contributed by atoms with Crippen molar-refractivity contribution in [1.29, 1.82) is 0 Å². The summed E-state index contributed by atoms with van der Waals surface area (Å²) in [5, 5.41) is 0. The molecular weight excluding hydrogens is 362 g/mol. The molecule has 2 fully saturated rings. The fraction of sp³-hybridized carbons (Fsp3) is 0.650. The number of hydrogen-bond acceptors (Lipinski definition) is 4. The van der Waals surface area contributed by atoms with Crippen LogP contribution in [0.25, 0.3) is 0 Å². The van der Waals surface area contributed by atoms with Crippen molar-refractivity contribution in [1.82, 2.24) is 9.80 Å². The molecule has 27 heavy (non-hydrogen) atoms.